The van der Waals surface area contributed by atoms with Crippen molar-refractivity contribution in [2.24, 2.45) is 0 Å². The van der Waals surface area contributed by atoms with E-state index in [-0.39, 0.29) is 12.5 Å². The average Bonchev–Trinajstić information content (AvgIpc) is 2.11. The third kappa shape index (κ3) is 5.97. The highest BCUT2D eigenvalue weighted by Crippen LogP contribution is 2.06. The van der Waals surface area contributed by atoms with Gasteiger partial charge in [-0.25, -0.2) is 0 Å². The first-order valence-corrected chi connectivity index (χ1v) is 5.57. The van der Waals surface area contributed by atoms with Crippen LogP contribution in [0.4, 0.5) is 0 Å². The van der Waals surface area contributed by atoms with E-state index < -0.39 is 5.97 Å². The van der Waals surface area contributed by atoms with E-state index in [1.807, 2.05) is 6.92 Å². The van der Waals surface area contributed by atoms with Gasteiger partial charge in [0.1, 0.15) is 0 Å². The van der Waals surface area contributed by atoms with E-state index in [0.717, 1.165) is 13.1 Å². The largest absolute Gasteiger partial charge is 0.481 e. The van der Waals surface area contributed by atoms with Gasteiger partial charge in [0.2, 0.25) is 0 Å². The molecule has 0 aromatic heterocycles. The summed E-state index contributed by atoms with van der Waals surface area (Å²) < 4.78 is 0. The zero-order chi connectivity index (χ0) is 11.0. The van der Waals surface area contributed by atoms with Gasteiger partial charge in [0.15, 0.2) is 0 Å². The van der Waals surface area contributed by atoms with Crippen LogP contribution in [0.15, 0.2) is 0 Å². The second kappa shape index (κ2) is 7.80. The zero-order valence-corrected chi connectivity index (χ0v) is 9.62. The lowest BCUT2D eigenvalue weighted by molar-refractivity contribution is -0.138. The maximum absolute atomic E-state index is 10.5. The molecule has 0 aliphatic heterocycles. The van der Waals surface area contributed by atoms with Gasteiger partial charge in [0, 0.05) is 6.04 Å². The molecule has 0 bridgehead atoms. The topological polar surface area (TPSA) is 40.5 Å². The molecule has 0 radical (unpaired) electrons. The molecule has 3 nitrogen and oxygen atoms in total. The maximum atomic E-state index is 10.5. The first-order valence-electron chi connectivity index (χ1n) is 5.57. The number of unbranched alkanes of at least 4 members (excludes halogenated alkanes) is 2. The number of carbonyl (C=O) groups is 1. The molecular formula is C11H23NO2. The van der Waals surface area contributed by atoms with Gasteiger partial charge in [0.25, 0.3) is 0 Å². The van der Waals surface area contributed by atoms with Crippen molar-refractivity contribution in [1.29, 1.82) is 0 Å². The quantitative estimate of drug-likeness (QED) is 0.613. The molecule has 84 valence electrons. The summed E-state index contributed by atoms with van der Waals surface area (Å²) in [4.78, 5) is 12.8. The summed E-state index contributed by atoms with van der Waals surface area (Å²) in [5.74, 6) is -0.702. The monoisotopic (exact) mass is 201 g/mol. The van der Waals surface area contributed by atoms with Crippen LogP contribution in [0.25, 0.3) is 0 Å². The molecule has 0 fully saturated rings. The van der Waals surface area contributed by atoms with Crippen LogP contribution in [0, 0.1) is 0 Å². The van der Waals surface area contributed by atoms with E-state index in [1.165, 1.54) is 19.3 Å². The third-order valence-electron chi connectivity index (χ3n) is 2.55. The Morgan fingerprint density at radius 3 is 2.43 bits per heavy atom. The van der Waals surface area contributed by atoms with Crippen LogP contribution in [0.3, 0.4) is 0 Å². The number of nitrogens with zero attached hydrogens (tertiary/aromatic N) is 1. The van der Waals surface area contributed by atoms with Gasteiger partial charge in [-0.2, -0.15) is 0 Å². The van der Waals surface area contributed by atoms with E-state index in [4.69, 9.17) is 5.11 Å². The van der Waals surface area contributed by atoms with Crippen LogP contribution in [0.1, 0.15) is 46.5 Å². The minimum Gasteiger partial charge on any atom is -0.481 e. The molecule has 0 aliphatic carbocycles. The molecule has 3 heteroatoms. The number of carboxylic acids is 1. The van der Waals surface area contributed by atoms with Crippen molar-refractivity contribution in [1.82, 2.24) is 4.90 Å². The Morgan fingerprint density at radius 1 is 1.36 bits per heavy atom. The summed E-state index contributed by atoms with van der Waals surface area (Å²) in [5, 5.41) is 8.67. The van der Waals surface area contributed by atoms with Crippen LogP contribution in [-0.2, 0) is 4.79 Å². The molecule has 0 aromatic carbocycles. The van der Waals surface area contributed by atoms with Crippen LogP contribution in [-0.4, -0.2) is 35.1 Å². The molecule has 0 saturated heterocycles. The molecule has 1 atom stereocenters. The first-order chi connectivity index (χ1) is 6.61. The fraction of sp³-hybridized carbons (Fsp3) is 0.909. The van der Waals surface area contributed by atoms with Crippen LogP contribution < -0.4 is 0 Å². The molecule has 0 heterocycles. The minimum absolute atomic E-state index is 0.161. The van der Waals surface area contributed by atoms with E-state index in [1.54, 1.807) is 0 Å². The van der Waals surface area contributed by atoms with Crippen LogP contribution in [0.5, 0.6) is 0 Å². The number of aliphatic carboxylic acids is 1. The van der Waals surface area contributed by atoms with Gasteiger partial charge < -0.3 is 10.0 Å². The van der Waals surface area contributed by atoms with E-state index >= 15 is 0 Å². The lowest BCUT2D eigenvalue weighted by atomic mass is 10.1. The molecule has 1 unspecified atom stereocenters. The second-order valence-corrected chi connectivity index (χ2v) is 3.78. The van der Waals surface area contributed by atoms with Gasteiger partial charge in [-0.15, -0.1) is 0 Å². The summed E-state index contributed by atoms with van der Waals surface area (Å²) in [6.45, 7) is 8.22. The third-order valence-corrected chi connectivity index (χ3v) is 2.55. The predicted molar refractivity (Wildman–Crippen MR) is 58.5 cm³/mol. The number of carboxylic acid groups (broad SMARTS) is 1. The molecule has 0 spiro atoms. The highest BCUT2D eigenvalue weighted by Gasteiger charge is 2.14. The summed E-state index contributed by atoms with van der Waals surface area (Å²) in [6, 6.07) is 0.161. The second-order valence-electron chi connectivity index (χ2n) is 3.78. The van der Waals surface area contributed by atoms with Crippen LogP contribution >= 0.6 is 0 Å². The van der Waals surface area contributed by atoms with E-state index in [9.17, 15) is 4.79 Å². The van der Waals surface area contributed by atoms with Gasteiger partial charge in [0.05, 0.1) is 6.42 Å². The lowest BCUT2D eigenvalue weighted by Crippen LogP contribution is -2.35. The fourth-order valence-electron chi connectivity index (χ4n) is 1.64. The smallest absolute Gasteiger partial charge is 0.304 e. The van der Waals surface area contributed by atoms with Crippen molar-refractivity contribution < 1.29 is 9.90 Å². The Balaban J connectivity index is 3.80. The van der Waals surface area contributed by atoms with Crippen LogP contribution in [0.2, 0.25) is 0 Å². The Morgan fingerprint density at radius 2 is 2.00 bits per heavy atom. The Hall–Kier alpha value is -0.570. The van der Waals surface area contributed by atoms with Crippen molar-refractivity contribution >= 4 is 5.97 Å². The zero-order valence-electron chi connectivity index (χ0n) is 9.62. The SMILES string of the molecule is CCCCCN(CC)C(C)CC(=O)O. The summed E-state index contributed by atoms with van der Waals surface area (Å²) in [5.41, 5.74) is 0. The van der Waals surface area contributed by atoms with Gasteiger partial charge in [-0.05, 0) is 26.4 Å². The average molecular weight is 201 g/mol. The molecule has 1 N–H and O–H groups in total. The van der Waals surface area contributed by atoms with Gasteiger partial charge >= 0.3 is 5.97 Å². The van der Waals surface area contributed by atoms with Crippen molar-refractivity contribution in [3.05, 3.63) is 0 Å². The highest BCUT2D eigenvalue weighted by atomic mass is 16.4. The normalized spacial score (nSPS) is 13.1. The highest BCUT2D eigenvalue weighted by molar-refractivity contribution is 5.67. The van der Waals surface area contributed by atoms with Crippen molar-refractivity contribution in [3.8, 4) is 0 Å². The predicted octanol–water partition coefficient (Wildman–Crippen LogP) is 2.36. The molecule has 0 aromatic rings. The number of hydrogen-bond acceptors (Lipinski definition) is 2. The molecule has 0 amide bonds. The minimum atomic E-state index is -0.702. The molecule has 0 aliphatic rings. The fourth-order valence-corrected chi connectivity index (χ4v) is 1.64. The first kappa shape index (κ1) is 13.4. The Kier molecular flexibility index (Phi) is 7.48. The van der Waals surface area contributed by atoms with Gasteiger partial charge in [-0.3, -0.25) is 4.79 Å². The Labute approximate surface area is 87.1 Å². The molecule has 14 heavy (non-hydrogen) atoms. The van der Waals surface area contributed by atoms with E-state index in [2.05, 4.69) is 18.7 Å². The van der Waals surface area contributed by atoms with Gasteiger partial charge in [-0.1, -0.05) is 26.7 Å². The molecular weight excluding hydrogens is 178 g/mol. The number of rotatable bonds is 8. The number of hydrogen-bond donors (Lipinski definition) is 1. The van der Waals surface area contributed by atoms with Crippen molar-refractivity contribution in [2.45, 2.75) is 52.5 Å². The molecule has 0 rings (SSSR count). The van der Waals surface area contributed by atoms with Crippen molar-refractivity contribution in [3.63, 3.8) is 0 Å². The molecule has 0 saturated carbocycles. The summed E-state index contributed by atoms with van der Waals surface area (Å²) in [7, 11) is 0. The Bertz CT molecular complexity index is 159. The van der Waals surface area contributed by atoms with Crippen molar-refractivity contribution in [2.75, 3.05) is 13.1 Å². The summed E-state index contributed by atoms with van der Waals surface area (Å²) in [6.07, 6.45) is 3.87. The summed E-state index contributed by atoms with van der Waals surface area (Å²) >= 11 is 0. The standard InChI is InChI=1S/C11H23NO2/c1-4-6-7-8-12(5-2)10(3)9-11(13)14/h10H,4-9H2,1-3H3,(H,13,14). The lowest BCUT2D eigenvalue weighted by Gasteiger charge is -2.26. The maximum Gasteiger partial charge on any atom is 0.304 e. The van der Waals surface area contributed by atoms with E-state index in [0.29, 0.717) is 0 Å².